The van der Waals surface area contributed by atoms with E-state index in [1.165, 1.54) is 5.56 Å². The lowest BCUT2D eigenvalue weighted by Crippen LogP contribution is -2.43. The molecule has 0 spiro atoms. The number of anilines is 1. The lowest BCUT2D eigenvalue weighted by atomic mass is 9.96. The molecule has 0 amide bonds. The lowest BCUT2D eigenvalue weighted by Gasteiger charge is -2.37. The van der Waals surface area contributed by atoms with Crippen molar-refractivity contribution in [3.8, 4) is 5.75 Å². The number of phenolic OH excluding ortho intramolecular Hbond substituents is 1. The van der Waals surface area contributed by atoms with Crippen molar-refractivity contribution in [2.45, 2.75) is 66.3 Å². The molecule has 0 saturated carbocycles. The van der Waals surface area contributed by atoms with Crippen molar-refractivity contribution in [1.29, 1.82) is 0 Å². The van der Waals surface area contributed by atoms with E-state index < -0.39 is 0 Å². The number of carbonyl (C=O) groups is 1. The number of rotatable bonds is 4. The van der Waals surface area contributed by atoms with Crippen molar-refractivity contribution in [2.24, 2.45) is 0 Å². The predicted octanol–water partition coefficient (Wildman–Crippen LogP) is 5.92. The van der Waals surface area contributed by atoms with Gasteiger partial charge in [0.05, 0.1) is 6.04 Å². The summed E-state index contributed by atoms with van der Waals surface area (Å²) in [7, 11) is 0. The second-order valence-corrected chi connectivity index (χ2v) is 6.64. The molecule has 0 radical (unpaired) electrons. The van der Waals surface area contributed by atoms with E-state index in [9.17, 15) is 9.90 Å². The van der Waals surface area contributed by atoms with Gasteiger partial charge in [-0.25, -0.2) is 0 Å². The number of phenols is 1. The van der Waals surface area contributed by atoms with Crippen molar-refractivity contribution in [1.82, 2.24) is 0 Å². The minimum absolute atomic E-state index is 0.0455. The smallest absolute Gasteiger partial charge is 0.152 e. The Morgan fingerprint density at radius 2 is 1.78 bits per heavy atom. The number of aromatic hydroxyl groups is 1. The van der Waals surface area contributed by atoms with E-state index in [1.54, 1.807) is 13.0 Å². The van der Waals surface area contributed by atoms with Gasteiger partial charge in [0.25, 0.3) is 0 Å². The van der Waals surface area contributed by atoms with Crippen LogP contribution in [0, 0.1) is 6.92 Å². The molecule has 1 unspecified atom stereocenters. The van der Waals surface area contributed by atoms with Gasteiger partial charge in [-0.3, -0.25) is 4.79 Å². The SMILES string of the molecule is CC.CCCC(C(C)=O)N1CCCc2c(O)cccc21.Cc1ccccc1. The molecule has 1 aliphatic heterocycles. The highest BCUT2D eigenvalue weighted by molar-refractivity contribution is 5.85. The van der Waals surface area contributed by atoms with Crippen LogP contribution < -0.4 is 4.90 Å². The van der Waals surface area contributed by atoms with Gasteiger partial charge in [0.2, 0.25) is 0 Å². The van der Waals surface area contributed by atoms with Crippen LogP contribution in [0.4, 0.5) is 5.69 Å². The first kappa shape index (κ1) is 22.8. The third-order valence-corrected chi connectivity index (χ3v) is 4.61. The van der Waals surface area contributed by atoms with E-state index in [0.717, 1.165) is 43.5 Å². The average molecular weight is 370 g/mol. The first-order chi connectivity index (χ1) is 13.0. The number of benzene rings is 2. The van der Waals surface area contributed by atoms with Crippen molar-refractivity contribution in [2.75, 3.05) is 11.4 Å². The molecule has 1 N–H and O–H groups in total. The molecular weight excluding hydrogens is 334 g/mol. The number of Topliss-reactive ketones (excluding diaryl/α,β-unsaturated/α-hetero) is 1. The fourth-order valence-electron chi connectivity index (χ4n) is 3.34. The van der Waals surface area contributed by atoms with E-state index in [2.05, 4.69) is 30.9 Å². The van der Waals surface area contributed by atoms with Gasteiger partial charge in [-0.2, -0.15) is 0 Å². The van der Waals surface area contributed by atoms with Crippen molar-refractivity contribution < 1.29 is 9.90 Å². The van der Waals surface area contributed by atoms with Crippen LogP contribution >= 0.6 is 0 Å². The maximum absolute atomic E-state index is 11.8. The van der Waals surface area contributed by atoms with E-state index >= 15 is 0 Å². The summed E-state index contributed by atoms with van der Waals surface area (Å²) in [4.78, 5) is 14.0. The number of hydrogen-bond donors (Lipinski definition) is 1. The Hall–Kier alpha value is -2.29. The van der Waals surface area contributed by atoms with Gasteiger partial charge in [0.15, 0.2) is 5.78 Å². The fourth-order valence-corrected chi connectivity index (χ4v) is 3.34. The van der Waals surface area contributed by atoms with Crippen LogP contribution in [-0.4, -0.2) is 23.5 Å². The van der Waals surface area contributed by atoms with Crippen LogP contribution in [0.2, 0.25) is 0 Å². The Bertz CT molecular complexity index is 682. The molecule has 3 nitrogen and oxygen atoms in total. The van der Waals surface area contributed by atoms with Crippen molar-refractivity contribution in [3.63, 3.8) is 0 Å². The molecule has 3 heteroatoms. The van der Waals surface area contributed by atoms with Gasteiger partial charge in [-0.05, 0) is 45.2 Å². The molecule has 0 fully saturated rings. The molecule has 0 bridgehead atoms. The van der Waals surface area contributed by atoms with Gasteiger partial charge in [-0.15, -0.1) is 0 Å². The number of hydrogen-bond acceptors (Lipinski definition) is 3. The van der Waals surface area contributed by atoms with E-state index in [0.29, 0.717) is 5.75 Å². The topological polar surface area (TPSA) is 40.5 Å². The van der Waals surface area contributed by atoms with Crippen LogP contribution in [0.3, 0.4) is 0 Å². The normalized spacial score (nSPS) is 13.3. The lowest BCUT2D eigenvalue weighted by molar-refractivity contribution is -0.118. The second kappa shape index (κ2) is 12.2. The molecule has 0 aliphatic carbocycles. The molecule has 148 valence electrons. The van der Waals surface area contributed by atoms with Gasteiger partial charge < -0.3 is 10.0 Å². The zero-order chi connectivity index (χ0) is 20.2. The summed E-state index contributed by atoms with van der Waals surface area (Å²) in [5.41, 5.74) is 3.35. The van der Waals surface area contributed by atoms with Gasteiger partial charge in [-0.1, -0.05) is 69.2 Å². The van der Waals surface area contributed by atoms with Crippen molar-refractivity contribution >= 4 is 11.5 Å². The third kappa shape index (κ3) is 6.74. The Labute approximate surface area is 165 Å². The van der Waals surface area contributed by atoms with E-state index in [1.807, 2.05) is 44.2 Å². The summed E-state index contributed by atoms with van der Waals surface area (Å²) in [5.74, 6) is 0.573. The van der Waals surface area contributed by atoms with Crippen LogP contribution in [0.25, 0.3) is 0 Å². The molecule has 1 aliphatic rings. The standard InChI is InChI=1S/C15H21NO2.C7H8.C2H6/c1-3-6-13(11(2)17)16-10-5-7-12-14(16)8-4-9-15(12)18;1-7-5-3-2-4-6-7;1-2/h4,8-9,13,18H,3,5-7,10H2,1-2H3;2-6H,1H3;1-2H3. The Kier molecular flexibility index (Phi) is 10.2. The molecule has 3 rings (SSSR count). The number of nitrogens with zero attached hydrogens (tertiary/aromatic N) is 1. The highest BCUT2D eigenvalue weighted by Gasteiger charge is 2.27. The Balaban J connectivity index is 0.000000338. The number of carbonyl (C=O) groups excluding carboxylic acids is 1. The van der Waals surface area contributed by atoms with Crippen LogP contribution in [0.15, 0.2) is 48.5 Å². The van der Waals surface area contributed by atoms with Crippen LogP contribution in [0.1, 0.15) is 58.1 Å². The molecule has 1 heterocycles. The minimum atomic E-state index is -0.0455. The number of aryl methyl sites for hydroxylation is 1. The summed E-state index contributed by atoms with van der Waals surface area (Å²) < 4.78 is 0. The maximum atomic E-state index is 11.8. The first-order valence-electron chi connectivity index (χ1n) is 10.1. The largest absolute Gasteiger partial charge is 0.508 e. The monoisotopic (exact) mass is 369 g/mol. The first-order valence-corrected chi connectivity index (χ1v) is 10.1. The predicted molar refractivity (Wildman–Crippen MR) is 116 cm³/mol. The summed E-state index contributed by atoms with van der Waals surface area (Å²) in [6, 6.07) is 15.8. The molecule has 0 saturated heterocycles. The zero-order valence-corrected chi connectivity index (χ0v) is 17.5. The highest BCUT2D eigenvalue weighted by atomic mass is 16.3. The van der Waals surface area contributed by atoms with E-state index in [-0.39, 0.29) is 11.8 Å². The Morgan fingerprint density at radius 1 is 1.11 bits per heavy atom. The summed E-state index contributed by atoms with van der Waals surface area (Å²) in [6.45, 7) is 10.8. The molecule has 2 aromatic rings. The fraction of sp³-hybridized carbons (Fsp3) is 0.458. The van der Waals surface area contributed by atoms with Crippen molar-refractivity contribution in [3.05, 3.63) is 59.7 Å². The number of ketones is 1. The summed E-state index contributed by atoms with van der Waals surface area (Å²) in [5, 5.41) is 9.91. The zero-order valence-electron chi connectivity index (χ0n) is 17.5. The molecule has 1 atom stereocenters. The van der Waals surface area contributed by atoms with Crippen LogP contribution in [-0.2, 0) is 11.2 Å². The molecule has 0 aromatic heterocycles. The minimum Gasteiger partial charge on any atom is -0.508 e. The average Bonchev–Trinajstić information content (AvgIpc) is 2.69. The third-order valence-electron chi connectivity index (χ3n) is 4.61. The van der Waals surface area contributed by atoms with Gasteiger partial charge in [0, 0.05) is 17.8 Å². The van der Waals surface area contributed by atoms with E-state index in [4.69, 9.17) is 0 Å². The summed E-state index contributed by atoms with van der Waals surface area (Å²) in [6.07, 6.45) is 3.77. The summed E-state index contributed by atoms with van der Waals surface area (Å²) >= 11 is 0. The maximum Gasteiger partial charge on any atom is 0.152 e. The van der Waals surface area contributed by atoms with Crippen LogP contribution in [0.5, 0.6) is 5.75 Å². The van der Waals surface area contributed by atoms with Gasteiger partial charge in [0.1, 0.15) is 5.75 Å². The van der Waals surface area contributed by atoms with Gasteiger partial charge >= 0.3 is 0 Å². The molecule has 2 aromatic carbocycles. The molecular formula is C24H35NO2. The highest BCUT2D eigenvalue weighted by Crippen LogP contribution is 2.35. The number of fused-ring (bicyclic) bond motifs is 1. The second-order valence-electron chi connectivity index (χ2n) is 6.64. The quantitative estimate of drug-likeness (QED) is 0.727. The Morgan fingerprint density at radius 3 is 2.30 bits per heavy atom. The molecule has 27 heavy (non-hydrogen) atoms.